The first-order valence-electron chi connectivity index (χ1n) is 12.9. The number of hydrogen-bond acceptors (Lipinski definition) is 4. The van der Waals surface area contributed by atoms with E-state index >= 15 is 0 Å². The molecule has 0 spiro atoms. The standard InChI is InChI=1S/C32H40NO3SeSi/c1-31(2,3)38(32(4,5)6)36-30(14-11-21-35-23-25-15-17-27(34-7)18-16-25)29-19-20-33-22-26(29)24-37-28-12-9-8-10-13-28/h8-10,12-13,15-20,22,30H,21,23-24H2,1-7H3. The predicted molar refractivity (Wildman–Crippen MR) is 159 cm³/mol. The maximum atomic E-state index is 6.99. The molecule has 1 unspecified atom stereocenters. The molecule has 3 rings (SSSR count). The molecule has 0 fully saturated rings. The third-order valence-electron chi connectivity index (χ3n) is 5.79. The number of methoxy groups -OCH3 is 1. The molecule has 0 amide bonds. The van der Waals surface area contributed by atoms with Crippen molar-refractivity contribution in [3.8, 4) is 17.6 Å². The molecule has 2 aromatic carbocycles. The van der Waals surface area contributed by atoms with Gasteiger partial charge in [-0.25, -0.2) is 0 Å². The third kappa shape index (κ3) is 9.41. The first-order valence-corrected chi connectivity index (χ1v) is 16.4. The van der Waals surface area contributed by atoms with Crippen LogP contribution in [0.5, 0.6) is 5.75 Å². The maximum absolute atomic E-state index is 6.99. The minimum absolute atomic E-state index is 0.0505. The minimum atomic E-state index is -1.27. The van der Waals surface area contributed by atoms with Crippen LogP contribution in [0.3, 0.4) is 0 Å². The van der Waals surface area contributed by atoms with Crippen LogP contribution in [-0.4, -0.2) is 42.7 Å². The molecule has 38 heavy (non-hydrogen) atoms. The van der Waals surface area contributed by atoms with Gasteiger partial charge in [-0.2, -0.15) is 0 Å². The summed E-state index contributed by atoms with van der Waals surface area (Å²) < 4.78 is 19.5. The van der Waals surface area contributed by atoms with Crippen LogP contribution in [0.4, 0.5) is 0 Å². The van der Waals surface area contributed by atoms with Gasteiger partial charge in [0.2, 0.25) is 0 Å². The quantitative estimate of drug-likeness (QED) is 0.153. The van der Waals surface area contributed by atoms with Gasteiger partial charge in [-0.05, 0) is 0 Å². The molecule has 0 bridgehead atoms. The summed E-state index contributed by atoms with van der Waals surface area (Å²) in [5.41, 5.74) is 3.42. The van der Waals surface area contributed by atoms with E-state index in [1.165, 1.54) is 10.0 Å². The van der Waals surface area contributed by atoms with Gasteiger partial charge in [0.25, 0.3) is 0 Å². The van der Waals surface area contributed by atoms with Crippen molar-refractivity contribution in [2.24, 2.45) is 0 Å². The van der Waals surface area contributed by atoms with Crippen molar-refractivity contribution in [2.45, 2.75) is 69.6 Å². The normalized spacial score (nSPS) is 12.6. The number of pyridine rings is 1. The fraction of sp³-hybridized carbons (Fsp3) is 0.406. The van der Waals surface area contributed by atoms with Gasteiger partial charge in [-0.15, -0.1) is 0 Å². The zero-order valence-electron chi connectivity index (χ0n) is 23.7. The number of rotatable bonds is 10. The summed E-state index contributed by atoms with van der Waals surface area (Å²) in [5, 5.41) is 1.05. The Balaban J connectivity index is 1.81. The Morgan fingerprint density at radius 1 is 0.921 bits per heavy atom. The van der Waals surface area contributed by atoms with Crippen molar-refractivity contribution in [1.82, 2.24) is 4.98 Å². The molecule has 0 saturated heterocycles. The molecule has 0 aliphatic rings. The molecule has 0 aliphatic carbocycles. The van der Waals surface area contributed by atoms with Crippen molar-refractivity contribution in [3.05, 3.63) is 89.7 Å². The molecule has 6 heteroatoms. The van der Waals surface area contributed by atoms with Crippen LogP contribution in [-0.2, 0) is 21.1 Å². The van der Waals surface area contributed by atoms with Gasteiger partial charge >= 0.3 is 220 Å². The van der Waals surface area contributed by atoms with Crippen LogP contribution in [0.1, 0.15) is 64.3 Å². The molecular weight excluding hydrogens is 553 g/mol. The third-order valence-corrected chi connectivity index (χ3v) is 11.2. The van der Waals surface area contributed by atoms with Crippen molar-refractivity contribution in [2.75, 3.05) is 13.7 Å². The van der Waals surface area contributed by atoms with Crippen LogP contribution in [0.15, 0.2) is 73.1 Å². The molecule has 1 heterocycles. The Kier molecular flexibility index (Phi) is 11.2. The van der Waals surface area contributed by atoms with E-state index < -0.39 is 9.04 Å². The zero-order valence-corrected chi connectivity index (χ0v) is 26.4. The summed E-state index contributed by atoms with van der Waals surface area (Å²) >= 11 is 0.306. The van der Waals surface area contributed by atoms with E-state index in [1.54, 1.807) is 7.11 Å². The second kappa shape index (κ2) is 14.1. The summed E-state index contributed by atoms with van der Waals surface area (Å²) in [7, 11) is 0.403. The molecule has 1 aromatic heterocycles. The topological polar surface area (TPSA) is 40.6 Å². The van der Waals surface area contributed by atoms with Crippen molar-refractivity contribution in [1.29, 1.82) is 0 Å². The predicted octanol–water partition coefficient (Wildman–Crippen LogP) is 6.49. The second-order valence-corrected chi connectivity index (χ2v) is 17.3. The average Bonchev–Trinajstić information content (AvgIpc) is 2.89. The van der Waals surface area contributed by atoms with Crippen molar-refractivity contribution >= 4 is 28.5 Å². The summed E-state index contributed by atoms with van der Waals surface area (Å²) in [5.74, 6) is 7.54. The van der Waals surface area contributed by atoms with E-state index in [1.807, 2.05) is 36.7 Å². The van der Waals surface area contributed by atoms with Crippen LogP contribution < -0.4 is 9.20 Å². The van der Waals surface area contributed by atoms with Crippen molar-refractivity contribution < 1.29 is 13.9 Å². The number of hydrogen-bond donors (Lipinski definition) is 0. The number of ether oxygens (including phenoxy) is 2. The number of nitrogens with zero attached hydrogens (tertiary/aromatic N) is 1. The van der Waals surface area contributed by atoms with Gasteiger partial charge in [0.15, 0.2) is 0 Å². The van der Waals surface area contributed by atoms with Crippen LogP contribution >= 0.6 is 0 Å². The Morgan fingerprint density at radius 2 is 1.61 bits per heavy atom. The Bertz CT molecular complexity index is 1180. The van der Waals surface area contributed by atoms with Gasteiger partial charge in [0.1, 0.15) is 5.75 Å². The Labute approximate surface area is 237 Å². The number of benzene rings is 2. The molecule has 3 aromatic rings. The molecule has 4 nitrogen and oxygen atoms in total. The van der Waals surface area contributed by atoms with Gasteiger partial charge < -0.3 is 4.74 Å². The summed E-state index contributed by atoms with van der Waals surface area (Å²) in [4.78, 5) is 4.45. The summed E-state index contributed by atoms with van der Waals surface area (Å²) in [6, 6.07) is 20.7. The van der Waals surface area contributed by atoms with Gasteiger partial charge in [0.05, 0.1) is 7.11 Å². The molecule has 1 atom stereocenters. The van der Waals surface area contributed by atoms with E-state index in [-0.39, 0.29) is 16.2 Å². The van der Waals surface area contributed by atoms with Crippen molar-refractivity contribution in [3.63, 3.8) is 0 Å². The van der Waals surface area contributed by atoms with Gasteiger partial charge in [0, 0.05) is 0 Å². The zero-order chi connectivity index (χ0) is 27.6. The SMILES string of the molecule is COc1ccc(COCC#CC(O[Si](C(C)(C)C)C(C)(C)C)c2ccncc2C[Se]c2ccccc2)cc1. The van der Waals surface area contributed by atoms with Crippen LogP contribution in [0, 0.1) is 11.8 Å². The Morgan fingerprint density at radius 3 is 2.24 bits per heavy atom. The fourth-order valence-electron chi connectivity index (χ4n) is 4.34. The Hall–Kier alpha value is -2.39. The van der Waals surface area contributed by atoms with Gasteiger partial charge in [-0.3, -0.25) is 0 Å². The molecule has 0 aliphatic heterocycles. The van der Waals surface area contributed by atoms with E-state index in [4.69, 9.17) is 13.9 Å². The van der Waals surface area contributed by atoms with Crippen LogP contribution in [0.2, 0.25) is 10.1 Å². The van der Waals surface area contributed by atoms with E-state index in [0.717, 1.165) is 22.2 Å². The van der Waals surface area contributed by atoms with E-state index in [2.05, 4.69) is 94.8 Å². The van der Waals surface area contributed by atoms with E-state index in [9.17, 15) is 0 Å². The molecule has 0 N–H and O–H groups in total. The first kappa shape index (κ1) is 30.2. The van der Waals surface area contributed by atoms with Crippen LogP contribution in [0.25, 0.3) is 0 Å². The average molecular weight is 594 g/mol. The molecule has 0 saturated carbocycles. The second-order valence-electron chi connectivity index (χ2n) is 11.2. The monoisotopic (exact) mass is 594 g/mol. The molecule has 1 radical (unpaired) electrons. The molecule has 201 valence electrons. The fourth-order valence-corrected chi connectivity index (χ4v) is 9.63. The first-order chi connectivity index (χ1) is 18.1. The number of aromatic nitrogens is 1. The van der Waals surface area contributed by atoms with E-state index in [0.29, 0.717) is 28.2 Å². The summed E-state index contributed by atoms with van der Waals surface area (Å²) in [6.07, 6.45) is 3.52. The summed E-state index contributed by atoms with van der Waals surface area (Å²) in [6.45, 7) is 14.5. The molecular formula is C32H40NO3SeSi. The van der Waals surface area contributed by atoms with Gasteiger partial charge in [-0.1, -0.05) is 0 Å².